The number of carbonyl (C=O) groups is 3. The van der Waals surface area contributed by atoms with Crippen LogP contribution < -0.4 is 40.9 Å². The summed E-state index contributed by atoms with van der Waals surface area (Å²) in [6, 6.07) is 13.0. The van der Waals surface area contributed by atoms with Crippen LogP contribution in [-0.4, -0.2) is 88.5 Å². The topological polar surface area (TPSA) is 172 Å². The molecule has 0 spiro atoms. The monoisotopic (exact) mass is 727 g/mol. The lowest BCUT2D eigenvalue weighted by Gasteiger charge is -2.38. The number of rotatable bonds is 9. The fourth-order valence-electron chi connectivity index (χ4n) is 6.67. The van der Waals surface area contributed by atoms with E-state index in [0.717, 1.165) is 47.9 Å². The van der Waals surface area contributed by atoms with Gasteiger partial charge in [-0.15, -0.1) is 0 Å². The van der Waals surface area contributed by atoms with Gasteiger partial charge in [-0.2, -0.15) is 10.1 Å². The Morgan fingerprint density at radius 3 is 2.60 bits per heavy atom. The van der Waals surface area contributed by atoms with Crippen molar-refractivity contribution in [1.29, 1.82) is 0 Å². The first kappa shape index (κ1) is 34.5. The second-order valence-electron chi connectivity index (χ2n) is 12.8. The highest BCUT2D eigenvalue weighted by Gasteiger charge is 2.29. The highest BCUT2D eigenvalue weighted by atomic mass is 35.5. The number of hydrogen-bond acceptors (Lipinski definition) is 11. The Bertz CT molecular complexity index is 2280. The number of likely N-dealkylation sites (N-methyl/N-ethyl adjacent to an activating group) is 1. The van der Waals surface area contributed by atoms with Crippen molar-refractivity contribution in [2.45, 2.75) is 25.3 Å². The molecule has 270 valence electrons. The van der Waals surface area contributed by atoms with Gasteiger partial charge >= 0.3 is 6.03 Å². The van der Waals surface area contributed by atoms with E-state index in [2.05, 4.69) is 48.0 Å². The van der Waals surface area contributed by atoms with Crippen LogP contribution in [-0.2, 0) is 23.7 Å². The molecule has 0 saturated carbocycles. The van der Waals surface area contributed by atoms with Gasteiger partial charge < -0.3 is 29.7 Å². The van der Waals surface area contributed by atoms with Gasteiger partial charge in [0.1, 0.15) is 5.02 Å². The number of benzene rings is 2. The zero-order valence-corrected chi connectivity index (χ0v) is 29.9. The number of urea groups is 1. The highest BCUT2D eigenvalue weighted by molar-refractivity contribution is 6.33. The lowest BCUT2D eigenvalue weighted by atomic mass is 10.0. The lowest BCUT2D eigenvalue weighted by molar-refractivity contribution is -0.122. The largest absolute Gasteiger partial charge is 0.478 e. The molecule has 0 atom stereocenters. The van der Waals surface area contributed by atoms with Crippen molar-refractivity contribution in [3.63, 3.8) is 0 Å². The number of halogens is 1. The average Bonchev–Trinajstić information content (AvgIpc) is 3.47. The summed E-state index contributed by atoms with van der Waals surface area (Å²) in [6.45, 7) is 1.65. The van der Waals surface area contributed by atoms with E-state index in [1.54, 1.807) is 24.0 Å². The molecule has 3 aromatic heterocycles. The molecule has 0 aliphatic carbocycles. The van der Waals surface area contributed by atoms with E-state index in [0.29, 0.717) is 40.4 Å². The first-order valence-electron chi connectivity index (χ1n) is 16.8. The summed E-state index contributed by atoms with van der Waals surface area (Å²) in [4.78, 5) is 63.8. The van der Waals surface area contributed by atoms with Gasteiger partial charge in [0.05, 0.1) is 17.2 Å². The van der Waals surface area contributed by atoms with E-state index in [4.69, 9.17) is 21.3 Å². The number of aromatic nitrogens is 5. The van der Waals surface area contributed by atoms with Gasteiger partial charge in [0.25, 0.3) is 11.5 Å². The Morgan fingerprint density at radius 2 is 1.85 bits per heavy atom. The number of aryl methyl sites for hydroxylation is 2. The van der Waals surface area contributed by atoms with E-state index in [9.17, 15) is 19.2 Å². The van der Waals surface area contributed by atoms with Gasteiger partial charge in [0.2, 0.25) is 11.9 Å². The summed E-state index contributed by atoms with van der Waals surface area (Å²) in [5.41, 5.74) is 3.01. The molecule has 4 amide bonds. The fraction of sp³-hybridized carbons (Fsp3) is 0.343. The maximum absolute atomic E-state index is 12.8. The predicted octanol–water partition coefficient (Wildman–Crippen LogP) is 3.29. The zero-order valence-electron chi connectivity index (χ0n) is 29.1. The molecule has 17 heteroatoms. The third-order valence-corrected chi connectivity index (χ3v) is 9.92. The average molecular weight is 728 g/mol. The van der Waals surface area contributed by atoms with Crippen LogP contribution in [0.3, 0.4) is 0 Å². The minimum atomic E-state index is -0.456. The number of piperidine rings is 1. The van der Waals surface area contributed by atoms with E-state index in [1.807, 2.05) is 38.4 Å². The number of imide groups is 1. The first-order valence-corrected chi connectivity index (χ1v) is 17.2. The van der Waals surface area contributed by atoms with E-state index in [1.165, 1.54) is 16.5 Å². The molecule has 2 aliphatic heterocycles. The SMILES string of the molecule is CNC(=O)COc1cc2cc(Nc3nc(N(C)C4CCN(c5ccc6c(N7CCC(=O)NC7=O)nn(C)c6c5)CC4)ncc3Cl)ccc2n(C)c1=O. The van der Waals surface area contributed by atoms with Gasteiger partial charge in [-0.25, -0.2) is 9.78 Å². The molecule has 16 nitrogen and oxygen atoms in total. The number of nitrogens with zero attached hydrogens (tertiary/aromatic N) is 8. The molecule has 0 radical (unpaired) electrons. The summed E-state index contributed by atoms with van der Waals surface area (Å²) in [5, 5.41) is 14.7. The number of fused-ring (bicyclic) bond motifs is 2. The van der Waals surface area contributed by atoms with Crippen molar-refractivity contribution < 1.29 is 19.1 Å². The number of amides is 4. The molecule has 2 aromatic carbocycles. The highest BCUT2D eigenvalue weighted by Crippen LogP contribution is 2.33. The Balaban J connectivity index is 1.03. The Hall–Kier alpha value is -5.90. The smallest absolute Gasteiger partial charge is 0.329 e. The van der Waals surface area contributed by atoms with Crippen molar-refractivity contribution in [3.8, 4) is 5.75 Å². The standard InChI is InChI=1S/C35H38ClN11O5/c1-37-30(49)19-52-28-16-20-15-21(5-8-26(20)44(3)33(28)50)39-31-25(36)18-38-34(41-31)43(2)22-9-12-46(13-10-22)23-6-7-24-27(17-23)45(4)42-32(24)47-14-11-29(48)40-35(47)51/h5-8,15-18,22H,9-14,19H2,1-4H3,(H,37,49)(H,38,39,41)(H,40,48,51). The van der Waals surface area contributed by atoms with Crippen LogP contribution in [0.1, 0.15) is 19.3 Å². The quantitative estimate of drug-likeness (QED) is 0.204. The van der Waals surface area contributed by atoms with Crippen LogP contribution in [0.25, 0.3) is 21.8 Å². The van der Waals surface area contributed by atoms with Gasteiger partial charge in [-0.1, -0.05) is 11.6 Å². The molecule has 2 saturated heterocycles. The van der Waals surface area contributed by atoms with Gasteiger partial charge in [0, 0.05) is 82.4 Å². The molecule has 2 fully saturated rings. The first-order chi connectivity index (χ1) is 25.0. The van der Waals surface area contributed by atoms with Crippen LogP contribution >= 0.6 is 11.6 Å². The number of ether oxygens (including phenoxy) is 1. The van der Waals surface area contributed by atoms with Gasteiger partial charge in [-0.05, 0) is 55.3 Å². The summed E-state index contributed by atoms with van der Waals surface area (Å²) in [6.07, 6.45) is 3.56. The fourth-order valence-corrected chi connectivity index (χ4v) is 6.80. The third-order valence-electron chi connectivity index (χ3n) is 9.64. The number of carbonyl (C=O) groups excluding carboxylic acids is 3. The summed E-state index contributed by atoms with van der Waals surface area (Å²) in [5.74, 6) is 0.959. The molecule has 2 aliphatic rings. The maximum Gasteiger partial charge on any atom is 0.329 e. The number of hydrogen-bond donors (Lipinski definition) is 3. The van der Waals surface area contributed by atoms with Crippen LogP contribution in [0.4, 0.5) is 33.8 Å². The van der Waals surface area contributed by atoms with Crippen LogP contribution in [0, 0.1) is 0 Å². The van der Waals surface area contributed by atoms with E-state index in [-0.39, 0.29) is 42.2 Å². The Kier molecular flexibility index (Phi) is 9.31. The molecule has 3 N–H and O–H groups in total. The normalized spacial score (nSPS) is 15.2. The second kappa shape index (κ2) is 14.0. The molecule has 52 heavy (non-hydrogen) atoms. The van der Waals surface area contributed by atoms with Crippen molar-refractivity contribution >= 4 is 80.2 Å². The van der Waals surface area contributed by atoms with Gasteiger partial charge in [-0.3, -0.25) is 29.3 Å². The van der Waals surface area contributed by atoms with Crippen molar-refractivity contribution in [2.75, 3.05) is 60.4 Å². The zero-order chi connectivity index (χ0) is 36.7. The summed E-state index contributed by atoms with van der Waals surface area (Å²) < 4.78 is 8.74. The molecule has 5 aromatic rings. The molecular weight excluding hydrogens is 690 g/mol. The maximum atomic E-state index is 12.8. The van der Waals surface area contributed by atoms with Crippen molar-refractivity contribution in [1.82, 2.24) is 34.9 Å². The van der Waals surface area contributed by atoms with Gasteiger partial charge in [0.15, 0.2) is 24.0 Å². The molecule has 5 heterocycles. The predicted molar refractivity (Wildman–Crippen MR) is 199 cm³/mol. The lowest BCUT2D eigenvalue weighted by Crippen LogP contribution is -2.49. The molecule has 7 rings (SSSR count). The molecule has 0 bridgehead atoms. The second-order valence-corrected chi connectivity index (χ2v) is 13.2. The number of pyridine rings is 1. The number of anilines is 5. The molecular formula is C35H38ClN11O5. The van der Waals surface area contributed by atoms with E-state index < -0.39 is 6.03 Å². The Labute approximate surface area is 303 Å². The van der Waals surface area contributed by atoms with Crippen LogP contribution in [0.5, 0.6) is 5.75 Å². The minimum Gasteiger partial charge on any atom is -0.478 e. The summed E-state index contributed by atoms with van der Waals surface area (Å²) in [7, 11) is 6.99. The van der Waals surface area contributed by atoms with Crippen LogP contribution in [0.15, 0.2) is 53.5 Å². The molecule has 0 unspecified atom stereocenters. The van der Waals surface area contributed by atoms with Crippen molar-refractivity contribution in [2.24, 2.45) is 14.1 Å². The van der Waals surface area contributed by atoms with Crippen molar-refractivity contribution in [3.05, 3.63) is 64.0 Å². The minimum absolute atomic E-state index is 0.0698. The summed E-state index contributed by atoms with van der Waals surface area (Å²) >= 11 is 6.55. The third kappa shape index (κ3) is 6.64. The van der Waals surface area contributed by atoms with Crippen LogP contribution in [0.2, 0.25) is 5.02 Å². The van der Waals surface area contributed by atoms with E-state index >= 15 is 0 Å². The number of nitrogens with one attached hydrogen (secondary N) is 3. The Morgan fingerprint density at radius 1 is 1.06 bits per heavy atom.